The lowest BCUT2D eigenvalue weighted by molar-refractivity contribution is -0.393. The molecule has 3 N–H and O–H groups in total. The van der Waals surface area contributed by atoms with Crippen LogP contribution >= 0.6 is 0 Å². The summed E-state index contributed by atoms with van der Waals surface area (Å²) >= 11 is 0. The van der Waals surface area contributed by atoms with Gasteiger partial charge in [-0.1, -0.05) is 20.8 Å². The Morgan fingerprint density at radius 2 is 1.79 bits per heavy atom. The normalized spacial score (nSPS) is 23.4. The lowest BCUT2D eigenvalue weighted by Gasteiger charge is -2.39. The number of nitrogens with one attached hydrogen (secondary N) is 1. The molecule has 1 aromatic carbocycles. The zero-order valence-electron chi connectivity index (χ0n) is 15.9. The van der Waals surface area contributed by atoms with E-state index in [1.165, 1.54) is 0 Å². The topological polar surface area (TPSA) is 185 Å². The van der Waals surface area contributed by atoms with Gasteiger partial charge in [0.2, 0.25) is 0 Å². The van der Waals surface area contributed by atoms with Crippen LogP contribution in [0.5, 0.6) is 0 Å². The van der Waals surface area contributed by atoms with Crippen LogP contribution in [0.2, 0.25) is 0 Å². The molecule has 0 aliphatic heterocycles. The molecule has 0 amide bonds. The molecule has 0 saturated heterocycles. The smallest absolute Gasteiger partial charge is 0.352 e. The number of carboxylic acids is 2. The zero-order chi connectivity index (χ0) is 22.1. The first-order valence-electron chi connectivity index (χ1n) is 8.56. The van der Waals surface area contributed by atoms with E-state index in [-0.39, 0.29) is 24.2 Å². The zero-order valence-corrected chi connectivity index (χ0v) is 15.9. The summed E-state index contributed by atoms with van der Waals surface area (Å²) in [5.74, 6) is -3.23. The standard InChI is InChI=1S/C17H20N4O8/c1-16(2)10(14(22)23)6-7-17(16,3)13(15(24)25)19-18-11-5-4-9(20(26)27)8-12(11)21(28)29/h4-5,8,10,18H,6-7H2,1-3H3,(H,22,23)(H,24,25)/b19-13+/t10-,17+/m1/s1. The van der Waals surface area contributed by atoms with Crippen LogP contribution in [0.15, 0.2) is 23.3 Å². The number of nitro groups is 2. The molecule has 0 heterocycles. The molecule has 0 unspecified atom stereocenters. The molecule has 0 radical (unpaired) electrons. The fourth-order valence-corrected chi connectivity index (χ4v) is 3.76. The Labute approximate surface area is 164 Å². The number of carbonyl (C=O) groups is 2. The quantitative estimate of drug-likeness (QED) is 0.346. The van der Waals surface area contributed by atoms with Gasteiger partial charge in [0.05, 0.1) is 21.8 Å². The van der Waals surface area contributed by atoms with Crippen LogP contribution in [0.25, 0.3) is 0 Å². The molecule has 1 aliphatic carbocycles. The van der Waals surface area contributed by atoms with Crippen molar-refractivity contribution in [2.24, 2.45) is 21.8 Å². The summed E-state index contributed by atoms with van der Waals surface area (Å²) in [6.45, 7) is 4.88. The van der Waals surface area contributed by atoms with Crippen LogP contribution in [0, 0.1) is 37.0 Å². The highest BCUT2D eigenvalue weighted by molar-refractivity contribution is 6.38. The summed E-state index contributed by atoms with van der Waals surface area (Å²) in [6.07, 6.45) is 0.495. The van der Waals surface area contributed by atoms with Gasteiger partial charge in [-0.3, -0.25) is 30.4 Å². The third-order valence-corrected chi connectivity index (χ3v) is 5.93. The molecule has 0 bridgehead atoms. The highest BCUT2D eigenvalue weighted by Crippen LogP contribution is 2.56. The molecule has 12 nitrogen and oxygen atoms in total. The fraction of sp³-hybridized carbons (Fsp3) is 0.471. The van der Waals surface area contributed by atoms with Gasteiger partial charge in [-0.2, -0.15) is 5.10 Å². The number of benzene rings is 1. The van der Waals surface area contributed by atoms with Crippen molar-refractivity contribution in [2.45, 2.75) is 33.6 Å². The van der Waals surface area contributed by atoms with Gasteiger partial charge in [-0.25, -0.2) is 4.79 Å². The van der Waals surface area contributed by atoms with Crippen molar-refractivity contribution in [1.82, 2.24) is 0 Å². The number of rotatable bonds is 7. The van der Waals surface area contributed by atoms with Crippen LogP contribution in [0.1, 0.15) is 33.6 Å². The van der Waals surface area contributed by atoms with Crippen molar-refractivity contribution in [2.75, 3.05) is 5.43 Å². The van der Waals surface area contributed by atoms with Gasteiger partial charge < -0.3 is 10.2 Å². The van der Waals surface area contributed by atoms with E-state index >= 15 is 0 Å². The summed E-state index contributed by atoms with van der Waals surface area (Å²) in [6, 6.07) is 2.81. The van der Waals surface area contributed by atoms with Crippen LogP contribution in [0.3, 0.4) is 0 Å². The van der Waals surface area contributed by atoms with Crippen molar-refractivity contribution in [3.05, 3.63) is 38.4 Å². The predicted molar refractivity (Wildman–Crippen MR) is 101 cm³/mol. The maximum atomic E-state index is 11.9. The molecule has 1 fully saturated rings. The molecule has 1 aliphatic rings. The second kappa shape index (κ2) is 7.45. The summed E-state index contributed by atoms with van der Waals surface area (Å²) in [5, 5.41) is 45.0. The Balaban J connectivity index is 2.48. The molecule has 1 saturated carbocycles. The number of anilines is 1. The number of nitro benzene ring substituents is 2. The number of nitrogens with zero attached hydrogens (tertiary/aromatic N) is 3. The number of non-ortho nitro benzene ring substituents is 1. The van der Waals surface area contributed by atoms with Gasteiger partial charge >= 0.3 is 17.6 Å². The minimum Gasteiger partial charge on any atom is -0.481 e. The third-order valence-electron chi connectivity index (χ3n) is 5.93. The number of hydrazone groups is 1. The lowest BCUT2D eigenvalue weighted by Crippen LogP contribution is -2.46. The van der Waals surface area contributed by atoms with Gasteiger partial charge in [0.1, 0.15) is 5.69 Å². The first-order valence-corrected chi connectivity index (χ1v) is 8.56. The molecule has 0 spiro atoms. The Kier molecular flexibility index (Phi) is 5.58. The molecule has 2 rings (SSSR count). The molecule has 29 heavy (non-hydrogen) atoms. The van der Waals surface area contributed by atoms with E-state index in [9.17, 15) is 40.0 Å². The molecular weight excluding hydrogens is 388 g/mol. The minimum absolute atomic E-state index is 0.228. The summed E-state index contributed by atoms with van der Waals surface area (Å²) < 4.78 is 0. The van der Waals surface area contributed by atoms with Gasteiger partial charge in [0, 0.05) is 11.5 Å². The monoisotopic (exact) mass is 408 g/mol. The molecule has 1 aromatic rings. The van der Waals surface area contributed by atoms with E-state index in [2.05, 4.69) is 10.5 Å². The number of aliphatic carboxylic acids is 2. The van der Waals surface area contributed by atoms with Crippen molar-refractivity contribution >= 4 is 34.7 Å². The maximum Gasteiger partial charge on any atom is 0.352 e. The lowest BCUT2D eigenvalue weighted by atomic mass is 9.63. The fourth-order valence-electron chi connectivity index (χ4n) is 3.76. The van der Waals surface area contributed by atoms with Crippen molar-refractivity contribution in [3.8, 4) is 0 Å². The Hall–Kier alpha value is -3.57. The molecule has 156 valence electrons. The average molecular weight is 408 g/mol. The van der Waals surface area contributed by atoms with E-state index in [4.69, 9.17) is 0 Å². The van der Waals surface area contributed by atoms with E-state index in [1.54, 1.807) is 20.8 Å². The second-order valence-electron chi connectivity index (χ2n) is 7.58. The molecular formula is C17H20N4O8. The number of hydrogen-bond donors (Lipinski definition) is 3. The largest absolute Gasteiger partial charge is 0.481 e. The van der Waals surface area contributed by atoms with E-state index in [1.807, 2.05) is 0 Å². The average Bonchev–Trinajstić information content (AvgIpc) is 2.84. The Morgan fingerprint density at radius 1 is 1.17 bits per heavy atom. The van der Waals surface area contributed by atoms with Gasteiger partial charge in [-0.05, 0) is 24.3 Å². The van der Waals surface area contributed by atoms with Crippen molar-refractivity contribution in [3.63, 3.8) is 0 Å². The number of hydrogen-bond acceptors (Lipinski definition) is 8. The predicted octanol–water partition coefficient (Wildman–Crippen LogP) is 2.88. The van der Waals surface area contributed by atoms with E-state index in [0.717, 1.165) is 18.2 Å². The molecule has 2 atom stereocenters. The Morgan fingerprint density at radius 3 is 2.24 bits per heavy atom. The minimum atomic E-state index is -1.40. The molecule has 12 heteroatoms. The van der Waals surface area contributed by atoms with Gasteiger partial charge in [0.25, 0.3) is 5.69 Å². The van der Waals surface area contributed by atoms with Crippen LogP contribution < -0.4 is 5.43 Å². The Bertz CT molecular complexity index is 926. The third kappa shape index (κ3) is 3.73. The van der Waals surface area contributed by atoms with Crippen molar-refractivity contribution < 1.29 is 29.6 Å². The maximum absolute atomic E-state index is 11.9. The van der Waals surface area contributed by atoms with Crippen molar-refractivity contribution in [1.29, 1.82) is 0 Å². The first-order chi connectivity index (χ1) is 13.3. The second-order valence-corrected chi connectivity index (χ2v) is 7.58. The van der Waals surface area contributed by atoms with Crippen LogP contribution in [-0.4, -0.2) is 37.7 Å². The van der Waals surface area contributed by atoms with E-state index < -0.39 is 49.9 Å². The highest BCUT2D eigenvalue weighted by atomic mass is 16.6. The summed E-state index contributed by atoms with van der Waals surface area (Å²) in [4.78, 5) is 43.9. The SMILES string of the molecule is CC1(C)[C@@H](C(=O)O)CC[C@@]1(C)/C(=N/Nc1ccc([N+](=O)[O-])cc1[N+](=O)[O-])C(=O)O. The van der Waals surface area contributed by atoms with Gasteiger partial charge in [-0.15, -0.1) is 0 Å². The van der Waals surface area contributed by atoms with Crippen LogP contribution in [-0.2, 0) is 9.59 Å². The van der Waals surface area contributed by atoms with Crippen LogP contribution in [0.4, 0.5) is 17.1 Å². The van der Waals surface area contributed by atoms with E-state index in [0.29, 0.717) is 0 Å². The summed E-state index contributed by atoms with van der Waals surface area (Å²) in [5.41, 5.74) is -1.52. The van der Waals surface area contributed by atoms with Gasteiger partial charge in [0.15, 0.2) is 5.71 Å². The molecule has 0 aromatic heterocycles. The summed E-state index contributed by atoms with van der Waals surface area (Å²) in [7, 11) is 0. The highest BCUT2D eigenvalue weighted by Gasteiger charge is 2.58. The first kappa shape index (κ1) is 21.7. The number of carboxylic acid groups (broad SMARTS) is 2.